The van der Waals surface area contributed by atoms with Crippen LogP contribution >= 0.6 is 0 Å². The Morgan fingerprint density at radius 3 is 2.93 bits per heavy atom. The Labute approximate surface area is 90.5 Å². The minimum atomic E-state index is 0.414. The van der Waals surface area contributed by atoms with E-state index >= 15 is 0 Å². The Morgan fingerprint density at radius 2 is 2.33 bits per heavy atom. The minimum absolute atomic E-state index is 0.414. The molecule has 1 rings (SSSR count). The molecule has 0 aliphatic rings. The van der Waals surface area contributed by atoms with Crippen molar-refractivity contribution in [3.8, 4) is 6.07 Å². The molecule has 0 radical (unpaired) electrons. The number of aromatic nitrogens is 1. The van der Waals surface area contributed by atoms with Gasteiger partial charge in [0, 0.05) is 18.8 Å². The molecule has 1 aromatic rings. The third-order valence-electron chi connectivity index (χ3n) is 2.41. The van der Waals surface area contributed by atoms with Gasteiger partial charge in [-0.1, -0.05) is 0 Å². The summed E-state index contributed by atoms with van der Waals surface area (Å²) in [4.78, 5) is 6.11. The molecular weight excluding hydrogens is 188 g/mol. The monoisotopic (exact) mass is 204 g/mol. The van der Waals surface area contributed by atoms with Gasteiger partial charge < -0.3 is 10.2 Å². The summed E-state index contributed by atoms with van der Waals surface area (Å²) >= 11 is 0. The summed E-state index contributed by atoms with van der Waals surface area (Å²) < 4.78 is 0. The highest BCUT2D eigenvalue weighted by molar-refractivity contribution is 5.55. The average Bonchev–Trinajstić information content (AvgIpc) is 2.26. The number of hydrogen-bond acceptors (Lipinski definition) is 4. The number of pyridine rings is 1. The number of nitrogens with one attached hydrogen (secondary N) is 1. The summed E-state index contributed by atoms with van der Waals surface area (Å²) in [6.45, 7) is 2.92. The number of nitrogens with zero attached hydrogens (tertiary/aromatic N) is 3. The predicted molar refractivity (Wildman–Crippen MR) is 60.6 cm³/mol. The molecule has 0 amide bonds. The summed E-state index contributed by atoms with van der Waals surface area (Å²) in [5.74, 6) is 0. The molecule has 1 atom stereocenters. The van der Waals surface area contributed by atoms with Crippen LogP contribution in [-0.2, 0) is 0 Å². The maximum absolute atomic E-state index is 8.86. The van der Waals surface area contributed by atoms with Gasteiger partial charge in [0.25, 0.3) is 0 Å². The van der Waals surface area contributed by atoms with Gasteiger partial charge in [-0.15, -0.1) is 0 Å². The molecule has 0 fully saturated rings. The van der Waals surface area contributed by atoms with Gasteiger partial charge in [0.2, 0.25) is 0 Å². The topological polar surface area (TPSA) is 52.0 Å². The fourth-order valence-corrected chi connectivity index (χ4v) is 1.07. The number of nitriles is 1. The molecule has 1 N–H and O–H groups in total. The van der Waals surface area contributed by atoms with Crippen molar-refractivity contribution in [2.24, 2.45) is 0 Å². The van der Waals surface area contributed by atoms with Crippen LogP contribution in [0.15, 0.2) is 18.5 Å². The van der Waals surface area contributed by atoms with Crippen LogP contribution < -0.4 is 5.32 Å². The highest BCUT2D eigenvalue weighted by atomic mass is 15.1. The average molecular weight is 204 g/mol. The molecule has 0 saturated heterocycles. The molecule has 0 aliphatic heterocycles. The summed E-state index contributed by atoms with van der Waals surface area (Å²) in [6.07, 6.45) is 3.31. The third-order valence-corrected chi connectivity index (χ3v) is 2.41. The molecule has 0 aliphatic carbocycles. The second kappa shape index (κ2) is 5.32. The molecule has 15 heavy (non-hydrogen) atoms. The summed E-state index contributed by atoms with van der Waals surface area (Å²) in [5.41, 5.74) is 1.43. The quantitative estimate of drug-likeness (QED) is 0.803. The fraction of sp³-hybridized carbons (Fsp3) is 0.455. The maximum Gasteiger partial charge on any atom is 0.101 e. The van der Waals surface area contributed by atoms with Crippen molar-refractivity contribution in [3.63, 3.8) is 0 Å². The van der Waals surface area contributed by atoms with Crippen LogP contribution in [0.4, 0.5) is 5.69 Å². The molecule has 1 unspecified atom stereocenters. The number of anilines is 1. The van der Waals surface area contributed by atoms with E-state index in [0.717, 1.165) is 12.2 Å². The van der Waals surface area contributed by atoms with E-state index in [1.54, 1.807) is 18.5 Å². The van der Waals surface area contributed by atoms with Crippen molar-refractivity contribution in [2.75, 3.05) is 26.0 Å². The zero-order chi connectivity index (χ0) is 11.3. The van der Waals surface area contributed by atoms with Crippen LogP contribution in [0.2, 0.25) is 0 Å². The van der Waals surface area contributed by atoms with Gasteiger partial charge in [0.1, 0.15) is 6.07 Å². The van der Waals surface area contributed by atoms with Crippen LogP contribution in [0.25, 0.3) is 0 Å². The lowest BCUT2D eigenvalue weighted by atomic mass is 10.2. The van der Waals surface area contributed by atoms with E-state index in [9.17, 15) is 0 Å². The van der Waals surface area contributed by atoms with E-state index in [1.165, 1.54) is 0 Å². The molecule has 0 spiro atoms. The number of hydrogen-bond donors (Lipinski definition) is 1. The Bertz CT molecular complexity index is 354. The van der Waals surface area contributed by atoms with Gasteiger partial charge >= 0.3 is 0 Å². The Morgan fingerprint density at radius 1 is 1.60 bits per heavy atom. The van der Waals surface area contributed by atoms with Crippen LogP contribution in [0.1, 0.15) is 12.5 Å². The van der Waals surface area contributed by atoms with Gasteiger partial charge in [-0.3, -0.25) is 4.98 Å². The Kier molecular flexibility index (Phi) is 4.07. The first-order valence-electron chi connectivity index (χ1n) is 4.89. The van der Waals surface area contributed by atoms with Crippen LogP contribution in [-0.4, -0.2) is 36.6 Å². The van der Waals surface area contributed by atoms with Gasteiger partial charge in [-0.2, -0.15) is 5.26 Å². The predicted octanol–water partition coefficient (Wildman–Crippen LogP) is 1.32. The molecule has 0 aromatic carbocycles. The van der Waals surface area contributed by atoms with Crippen molar-refractivity contribution in [2.45, 2.75) is 13.0 Å². The summed E-state index contributed by atoms with van der Waals surface area (Å²) in [5, 5.41) is 12.1. The lowest BCUT2D eigenvalue weighted by Gasteiger charge is -2.20. The largest absolute Gasteiger partial charge is 0.381 e. The Hall–Kier alpha value is -1.60. The fourth-order valence-electron chi connectivity index (χ4n) is 1.07. The summed E-state index contributed by atoms with van der Waals surface area (Å²) in [7, 11) is 4.06. The van der Waals surface area contributed by atoms with Crippen LogP contribution in [0, 0.1) is 11.3 Å². The van der Waals surface area contributed by atoms with Crippen molar-refractivity contribution >= 4 is 5.69 Å². The molecular formula is C11H16N4. The van der Waals surface area contributed by atoms with Crippen molar-refractivity contribution in [1.82, 2.24) is 9.88 Å². The molecule has 0 bridgehead atoms. The number of rotatable bonds is 4. The Balaban J connectivity index is 2.62. The smallest absolute Gasteiger partial charge is 0.101 e. The van der Waals surface area contributed by atoms with Crippen molar-refractivity contribution in [3.05, 3.63) is 24.0 Å². The van der Waals surface area contributed by atoms with Crippen molar-refractivity contribution < 1.29 is 0 Å². The SMILES string of the molecule is CC(CNc1cnccc1C#N)N(C)C. The highest BCUT2D eigenvalue weighted by Gasteiger charge is 2.05. The van der Waals surface area contributed by atoms with Gasteiger partial charge in [-0.25, -0.2) is 0 Å². The minimum Gasteiger partial charge on any atom is -0.381 e. The molecule has 80 valence electrons. The van der Waals surface area contributed by atoms with E-state index in [4.69, 9.17) is 5.26 Å². The second-order valence-corrected chi connectivity index (χ2v) is 3.73. The van der Waals surface area contributed by atoms with Crippen LogP contribution in [0.3, 0.4) is 0 Å². The van der Waals surface area contributed by atoms with Gasteiger partial charge in [0.15, 0.2) is 0 Å². The molecule has 0 saturated carbocycles. The van der Waals surface area contributed by atoms with E-state index in [1.807, 2.05) is 14.1 Å². The standard InChI is InChI=1S/C11H16N4/c1-9(15(2)3)7-14-11-8-13-5-4-10(11)6-12/h4-5,8-9,14H,7H2,1-3H3. The lowest BCUT2D eigenvalue weighted by molar-refractivity contribution is 0.326. The molecule has 1 heterocycles. The first kappa shape index (κ1) is 11.5. The first-order chi connectivity index (χ1) is 7.15. The lowest BCUT2D eigenvalue weighted by Crippen LogP contribution is -2.31. The van der Waals surface area contributed by atoms with E-state index in [0.29, 0.717) is 11.6 Å². The summed E-state index contributed by atoms with van der Waals surface area (Å²) in [6, 6.07) is 4.26. The molecule has 4 heteroatoms. The molecule has 4 nitrogen and oxygen atoms in total. The van der Waals surface area contributed by atoms with Gasteiger partial charge in [0.05, 0.1) is 17.4 Å². The van der Waals surface area contributed by atoms with E-state index in [2.05, 4.69) is 28.2 Å². The molecule has 1 aromatic heterocycles. The van der Waals surface area contributed by atoms with Crippen molar-refractivity contribution in [1.29, 1.82) is 5.26 Å². The normalized spacial score (nSPS) is 12.2. The van der Waals surface area contributed by atoms with Gasteiger partial charge in [-0.05, 0) is 27.1 Å². The highest BCUT2D eigenvalue weighted by Crippen LogP contribution is 2.11. The van der Waals surface area contributed by atoms with Crippen LogP contribution in [0.5, 0.6) is 0 Å². The zero-order valence-corrected chi connectivity index (χ0v) is 9.36. The zero-order valence-electron chi connectivity index (χ0n) is 9.36. The third kappa shape index (κ3) is 3.22. The van der Waals surface area contributed by atoms with E-state index in [-0.39, 0.29) is 0 Å². The number of likely N-dealkylation sites (N-methyl/N-ethyl adjacent to an activating group) is 1. The first-order valence-corrected chi connectivity index (χ1v) is 4.89. The maximum atomic E-state index is 8.86. The second-order valence-electron chi connectivity index (χ2n) is 3.73. The van der Waals surface area contributed by atoms with E-state index < -0.39 is 0 Å².